The van der Waals surface area contributed by atoms with Crippen LogP contribution in [0.4, 0.5) is 11.4 Å². The zero-order chi connectivity index (χ0) is 20.6. The van der Waals surface area contributed by atoms with Crippen LogP contribution in [-0.4, -0.2) is 60.1 Å². The van der Waals surface area contributed by atoms with Crippen molar-refractivity contribution in [2.75, 3.05) is 37.3 Å². The van der Waals surface area contributed by atoms with Crippen molar-refractivity contribution >= 4 is 26.9 Å². The lowest BCUT2D eigenvalue weighted by Gasteiger charge is -2.35. The highest BCUT2D eigenvalue weighted by Gasteiger charge is 2.26. The summed E-state index contributed by atoms with van der Waals surface area (Å²) in [7, 11) is -3.50. The summed E-state index contributed by atoms with van der Waals surface area (Å²) in [5.41, 5.74) is 2.16. The zero-order valence-corrected chi connectivity index (χ0v) is 16.7. The maximum atomic E-state index is 11.7. The van der Waals surface area contributed by atoms with Crippen molar-refractivity contribution in [2.24, 2.45) is 0 Å². The minimum absolute atomic E-state index is 0.0431. The Hall–Kier alpha value is -2.98. The van der Waals surface area contributed by atoms with Crippen LogP contribution in [0, 0.1) is 10.1 Å². The van der Waals surface area contributed by atoms with Gasteiger partial charge in [-0.15, -0.1) is 0 Å². The monoisotopic (exact) mass is 415 g/mol. The first-order valence-corrected chi connectivity index (χ1v) is 11.1. The molecular formula is C19H21N5O4S. The topological polar surface area (TPSA) is 101 Å². The number of nitrogens with zero attached hydrogens (tertiary/aromatic N) is 5. The molecule has 0 unspecified atom stereocenters. The number of sulfone groups is 1. The summed E-state index contributed by atoms with van der Waals surface area (Å²) in [6, 6.07) is 9.98. The fourth-order valence-corrected chi connectivity index (χ4v) is 4.23. The summed E-state index contributed by atoms with van der Waals surface area (Å²) < 4.78 is 25.4. The minimum atomic E-state index is -3.50. The number of nitro groups is 1. The second-order valence-corrected chi connectivity index (χ2v) is 9.16. The first-order chi connectivity index (χ1) is 13.8. The Morgan fingerprint density at radius 1 is 1.14 bits per heavy atom. The lowest BCUT2D eigenvalue weighted by molar-refractivity contribution is -0.384. The Labute approximate surface area is 168 Å². The number of nitro benzene ring substituents is 1. The van der Waals surface area contributed by atoms with E-state index < -0.39 is 14.8 Å². The van der Waals surface area contributed by atoms with Gasteiger partial charge in [0.1, 0.15) is 11.3 Å². The highest BCUT2D eigenvalue weighted by molar-refractivity contribution is 7.90. The SMILES string of the molecule is CS(=O)(=O)c1ccc(N2CCN(Cc3cn4ccccc4n3)CC2)c([N+](=O)[O-])c1. The number of rotatable bonds is 5. The van der Waals surface area contributed by atoms with Crippen LogP contribution in [-0.2, 0) is 16.4 Å². The van der Waals surface area contributed by atoms with Crippen LogP contribution in [0.25, 0.3) is 5.65 Å². The summed E-state index contributed by atoms with van der Waals surface area (Å²) in [4.78, 5) is 19.7. The van der Waals surface area contributed by atoms with Gasteiger partial charge in [-0.2, -0.15) is 0 Å². The van der Waals surface area contributed by atoms with Crippen LogP contribution in [0.2, 0.25) is 0 Å². The lowest BCUT2D eigenvalue weighted by Crippen LogP contribution is -2.46. The average molecular weight is 415 g/mol. The third kappa shape index (κ3) is 4.08. The fraction of sp³-hybridized carbons (Fsp3) is 0.316. The largest absolute Gasteiger partial charge is 0.363 e. The Morgan fingerprint density at radius 3 is 2.55 bits per heavy atom. The molecule has 0 spiro atoms. The minimum Gasteiger partial charge on any atom is -0.363 e. The predicted molar refractivity (Wildman–Crippen MR) is 109 cm³/mol. The molecule has 0 amide bonds. The van der Waals surface area contributed by atoms with Crippen molar-refractivity contribution in [3.05, 3.63) is 64.6 Å². The molecule has 0 aliphatic carbocycles. The maximum Gasteiger partial charge on any atom is 0.293 e. The molecule has 0 bridgehead atoms. The summed E-state index contributed by atoms with van der Waals surface area (Å²) in [5, 5.41) is 11.5. The van der Waals surface area contributed by atoms with Crippen LogP contribution < -0.4 is 4.90 Å². The molecule has 0 atom stereocenters. The Balaban J connectivity index is 1.47. The van der Waals surface area contributed by atoms with E-state index in [-0.39, 0.29) is 10.6 Å². The number of fused-ring (bicyclic) bond motifs is 1. The summed E-state index contributed by atoms with van der Waals surface area (Å²) in [5.74, 6) is 0. The van der Waals surface area contributed by atoms with Crippen LogP contribution >= 0.6 is 0 Å². The normalized spacial score (nSPS) is 15.7. The van der Waals surface area contributed by atoms with Crippen LogP contribution in [0.3, 0.4) is 0 Å². The van der Waals surface area contributed by atoms with Gasteiger partial charge in [-0.25, -0.2) is 13.4 Å². The van der Waals surface area contributed by atoms with E-state index in [9.17, 15) is 18.5 Å². The molecule has 4 rings (SSSR count). The molecule has 1 aliphatic heterocycles. The second-order valence-electron chi connectivity index (χ2n) is 7.14. The van der Waals surface area contributed by atoms with E-state index in [0.29, 0.717) is 25.3 Å². The highest BCUT2D eigenvalue weighted by atomic mass is 32.2. The molecule has 2 aromatic heterocycles. The van der Waals surface area contributed by atoms with Crippen LogP contribution in [0.1, 0.15) is 5.69 Å². The van der Waals surface area contributed by atoms with E-state index in [4.69, 9.17) is 0 Å². The van der Waals surface area contributed by atoms with Gasteiger partial charge in [0.15, 0.2) is 9.84 Å². The van der Waals surface area contributed by atoms with Crippen LogP contribution in [0.5, 0.6) is 0 Å². The number of hydrogen-bond donors (Lipinski definition) is 0. The number of aromatic nitrogens is 2. The van der Waals surface area contributed by atoms with Crippen molar-refractivity contribution in [2.45, 2.75) is 11.4 Å². The number of pyridine rings is 1. The quantitative estimate of drug-likeness (QED) is 0.464. The van der Waals surface area contributed by atoms with E-state index in [1.165, 1.54) is 12.1 Å². The van der Waals surface area contributed by atoms with Gasteiger partial charge in [-0.3, -0.25) is 15.0 Å². The third-order valence-corrected chi connectivity index (χ3v) is 6.19. The van der Waals surface area contributed by atoms with Crippen molar-refractivity contribution in [3.8, 4) is 0 Å². The smallest absolute Gasteiger partial charge is 0.293 e. The summed E-state index contributed by atoms with van der Waals surface area (Å²) >= 11 is 0. The Morgan fingerprint density at radius 2 is 1.90 bits per heavy atom. The number of benzene rings is 1. The molecule has 10 heteroatoms. The van der Waals surface area contributed by atoms with Crippen molar-refractivity contribution < 1.29 is 13.3 Å². The molecule has 1 fully saturated rings. The molecule has 29 heavy (non-hydrogen) atoms. The van der Waals surface area contributed by atoms with Crippen LogP contribution in [0.15, 0.2) is 53.7 Å². The van der Waals surface area contributed by atoms with Gasteiger partial charge < -0.3 is 9.30 Å². The molecule has 0 N–H and O–H groups in total. The molecule has 0 saturated carbocycles. The number of piperazine rings is 1. The standard InChI is InChI=1S/C19H21N5O4S/c1-29(27,28)16-5-6-17(18(12-16)24(25)26)22-10-8-21(9-11-22)13-15-14-23-7-3-2-4-19(23)20-15/h2-7,12,14H,8-11,13H2,1H3. The van der Waals surface area contributed by atoms with Gasteiger partial charge in [0.2, 0.25) is 0 Å². The highest BCUT2D eigenvalue weighted by Crippen LogP contribution is 2.31. The molecule has 1 aromatic carbocycles. The molecule has 9 nitrogen and oxygen atoms in total. The molecule has 1 saturated heterocycles. The number of hydrogen-bond acceptors (Lipinski definition) is 7. The van der Waals surface area contributed by atoms with E-state index >= 15 is 0 Å². The summed E-state index contributed by atoms with van der Waals surface area (Å²) in [6.07, 6.45) is 5.02. The van der Waals surface area contributed by atoms with Gasteiger partial charge >= 0.3 is 0 Å². The van der Waals surface area contributed by atoms with Gasteiger partial charge in [-0.05, 0) is 24.3 Å². The first kappa shape index (κ1) is 19.3. The fourth-order valence-electron chi connectivity index (χ4n) is 3.59. The van der Waals surface area contributed by atoms with E-state index in [2.05, 4.69) is 9.88 Å². The van der Waals surface area contributed by atoms with Crippen molar-refractivity contribution in [1.82, 2.24) is 14.3 Å². The first-order valence-electron chi connectivity index (χ1n) is 9.20. The van der Waals surface area contributed by atoms with Gasteiger partial charge in [-0.1, -0.05) is 6.07 Å². The molecular weight excluding hydrogens is 394 g/mol. The number of anilines is 1. The van der Waals surface area contributed by atoms with E-state index in [0.717, 1.165) is 36.8 Å². The summed E-state index contributed by atoms with van der Waals surface area (Å²) in [6.45, 7) is 3.42. The zero-order valence-electron chi connectivity index (χ0n) is 15.9. The van der Waals surface area contributed by atoms with E-state index in [1.54, 1.807) is 0 Å². The number of imidazole rings is 1. The second kappa shape index (κ2) is 7.45. The van der Waals surface area contributed by atoms with Crippen molar-refractivity contribution in [3.63, 3.8) is 0 Å². The molecule has 152 valence electrons. The van der Waals surface area contributed by atoms with E-state index in [1.807, 2.05) is 39.9 Å². The third-order valence-electron chi connectivity index (χ3n) is 5.08. The molecule has 0 radical (unpaired) electrons. The Bertz CT molecular complexity index is 1130. The van der Waals surface area contributed by atoms with Gasteiger partial charge in [0.25, 0.3) is 5.69 Å². The maximum absolute atomic E-state index is 11.7. The van der Waals surface area contributed by atoms with Crippen molar-refractivity contribution in [1.29, 1.82) is 0 Å². The predicted octanol–water partition coefficient (Wildman–Crippen LogP) is 1.97. The molecule has 1 aliphatic rings. The lowest BCUT2D eigenvalue weighted by atomic mass is 10.2. The van der Waals surface area contributed by atoms with Gasteiger partial charge in [0.05, 0.1) is 15.5 Å². The van der Waals surface area contributed by atoms with Gasteiger partial charge in [0, 0.05) is 57.4 Å². The Kier molecular flexibility index (Phi) is 4.97. The average Bonchev–Trinajstić information content (AvgIpc) is 3.09. The molecule has 3 heterocycles. The molecule has 3 aromatic rings.